The molecule has 5 nitrogen and oxygen atoms in total. The standard InChI is InChI=1S/C15H14ClN3O2/c1-17-9-10-18(13-7-3-2-6-12(13)17)14-8-4-5-11(16)15(14)19(20)21/h2-8H,9-10H2,1H3. The first-order valence-electron chi connectivity index (χ1n) is 6.60. The van der Waals surface area contributed by atoms with E-state index in [0.29, 0.717) is 12.2 Å². The Morgan fingerprint density at radius 3 is 2.43 bits per heavy atom. The molecule has 0 fully saturated rings. The highest BCUT2D eigenvalue weighted by Gasteiger charge is 2.28. The number of anilines is 3. The summed E-state index contributed by atoms with van der Waals surface area (Å²) in [5.41, 5.74) is 2.50. The molecule has 0 aromatic heterocycles. The number of benzene rings is 2. The normalized spacial score (nSPS) is 14.0. The number of nitro benzene ring substituents is 1. The van der Waals surface area contributed by atoms with Gasteiger partial charge in [-0.25, -0.2) is 0 Å². The number of nitrogens with zero attached hydrogens (tertiary/aromatic N) is 3. The summed E-state index contributed by atoms with van der Waals surface area (Å²) in [5, 5.41) is 11.5. The Hall–Kier alpha value is -2.27. The fourth-order valence-corrected chi connectivity index (χ4v) is 2.90. The third kappa shape index (κ3) is 2.29. The van der Waals surface area contributed by atoms with Crippen LogP contribution < -0.4 is 9.80 Å². The minimum absolute atomic E-state index is 0.0430. The van der Waals surface area contributed by atoms with Crippen LogP contribution in [0, 0.1) is 10.1 Å². The van der Waals surface area contributed by atoms with Crippen molar-refractivity contribution in [3.05, 3.63) is 57.6 Å². The fourth-order valence-electron chi connectivity index (χ4n) is 2.66. The van der Waals surface area contributed by atoms with Crippen molar-refractivity contribution in [2.45, 2.75) is 0 Å². The number of para-hydroxylation sites is 3. The zero-order valence-corrected chi connectivity index (χ0v) is 12.2. The summed E-state index contributed by atoms with van der Waals surface area (Å²) >= 11 is 6.02. The van der Waals surface area contributed by atoms with Crippen molar-refractivity contribution in [2.75, 3.05) is 29.9 Å². The second kappa shape index (κ2) is 5.26. The average molecular weight is 304 g/mol. The molecular weight excluding hydrogens is 290 g/mol. The van der Waals surface area contributed by atoms with Gasteiger partial charge in [-0.05, 0) is 24.3 Å². The van der Waals surface area contributed by atoms with E-state index in [4.69, 9.17) is 11.6 Å². The monoisotopic (exact) mass is 303 g/mol. The van der Waals surface area contributed by atoms with E-state index in [1.807, 2.05) is 36.2 Å². The molecule has 0 aliphatic carbocycles. The summed E-state index contributed by atoms with van der Waals surface area (Å²) in [6.07, 6.45) is 0. The minimum atomic E-state index is -0.418. The van der Waals surface area contributed by atoms with Gasteiger partial charge in [-0.3, -0.25) is 10.1 Å². The summed E-state index contributed by atoms with van der Waals surface area (Å²) < 4.78 is 0. The van der Waals surface area contributed by atoms with Gasteiger partial charge in [0.2, 0.25) is 0 Å². The first kappa shape index (κ1) is 13.7. The molecule has 0 saturated carbocycles. The molecule has 2 aromatic rings. The Bertz CT molecular complexity index is 705. The largest absolute Gasteiger partial charge is 0.371 e. The molecule has 0 saturated heterocycles. The summed E-state index contributed by atoms with van der Waals surface area (Å²) in [4.78, 5) is 15.0. The lowest BCUT2D eigenvalue weighted by atomic mass is 10.1. The number of hydrogen-bond acceptors (Lipinski definition) is 4. The average Bonchev–Trinajstić information content (AvgIpc) is 2.47. The Balaban J connectivity index is 2.17. The number of halogens is 1. The van der Waals surface area contributed by atoms with Crippen LogP contribution in [0.4, 0.5) is 22.7 Å². The van der Waals surface area contributed by atoms with Crippen LogP contribution in [0.15, 0.2) is 42.5 Å². The van der Waals surface area contributed by atoms with E-state index >= 15 is 0 Å². The van der Waals surface area contributed by atoms with Crippen LogP contribution in [0.2, 0.25) is 5.02 Å². The van der Waals surface area contributed by atoms with E-state index in [-0.39, 0.29) is 10.7 Å². The quantitative estimate of drug-likeness (QED) is 0.625. The van der Waals surface area contributed by atoms with Crippen molar-refractivity contribution in [1.29, 1.82) is 0 Å². The van der Waals surface area contributed by atoms with Gasteiger partial charge in [0, 0.05) is 20.1 Å². The summed E-state index contributed by atoms with van der Waals surface area (Å²) in [7, 11) is 2.02. The summed E-state index contributed by atoms with van der Waals surface area (Å²) in [5.74, 6) is 0. The van der Waals surface area contributed by atoms with Gasteiger partial charge in [0.05, 0.1) is 16.3 Å². The lowest BCUT2D eigenvalue weighted by Crippen LogP contribution is -2.36. The highest BCUT2D eigenvalue weighted by atomic mass is 35.5. The van der Waals surface area contributed by atoms with Crippen molar-refractivity contribution in [3.63, 3.8) is 0 Å². The zero-order valence-electron chi connectivity index (χ0n) is 11.5. The molecule has 0 atom stereocenters. The molecular formula is C15H14ClN3O2. The van der Waals surface area contributed by atoms with Crippen molar-refractivity contribution in [3.8, 4) is 0 Å². The van der Waals surface area contributed by atoms with Crippen molar-refractivity contribution >= 4 is 34.4 Å². The highest BCUT2D eigenvalue weighted by Crippen LogP contribution is 2.42. The van der Waals surface area contributed by atoms with Gasteiger partial charge in [-0.1, -0.05) is 29.8 Å². The van der Waals surface area contributed by atoms with Crippen LogP contribution in [-0.4, -0.2) is 25.1 Å². The van der Waals surface area contributed by atoms with Gasteiger partial charge in [0.25, 0.3) is 0 Å². The number of fused-ring (bicyclic) bond motifs is 1. The molecule has 0 unspecified atom stereocenters. The number of rotatable bonds is 2. The molecule has 0 spiro atoms. The lowest BCUT2D eigenvalue weighted by molar-refractivity contribution is -0.383. The first-order chi connectivity index (χ1) is 10.1. The SMILES string of the molecule is CN1CCN(c2cccc(Cl)c2[N+](=O)[O-])c2ccccc21. The zero-order chi connectivity index (χ0) is 15.0. The molecule has 3 rings (SSSR count). The van der Waals surface area contributed by atoms with Gasteiger partial charge >= 0.3 is 5.69 Å². The molecule has 1 aliphatic rings. The van der Waals surface area contributed by atoms with Gasteiger partial charge in [-0.2, -0.15) is 0 Å². The van der Waals surface area contributed by atoms with Crippen molar-refractivity contribution in [2.24, 2.45) is 0 Å². The molecule has 21 heavy (non-hydrogen) atoms. The van der Waals surface area contributed by atoms with Crippen LogP contribution in [0.1, 0.15) is 0 Å². The predicted molar refractivity (Wildman–Crippen MR) is 84.8 cm³/mol. The Labute approximate surface area is 127 Å². The smallest absolute Gasteiger partial charge is 0.311 e. The van der Waals surface area contributed by atoms with Crippen molar-refractivity contribution < 1.29 is 4.92 Å². The van der Waals surface area contributed by atoms with Crippen LogP contribution in [-0.2, 0) is 0 Å². The van der Waals surface area contributed by atoms with E-state index in [1.54, 1.807) is 18.2 Å². The van der Waals surface area contributed by atoms with E-state index in [1.165, 1.54) is 0 Å². The second-order valence-corrected chi connectivity index (χ2v) is 5.33. The maximum absolute atomic E-state index is 11.3. The van der Waals surface area contributed by atoms with Gasteiger partial charge < -0.3 is 9.80 Å². The lowest BCUT2D eigenvalue weighted by Gasteiger charge is -2.36. The molecule has 0 amide bonds. The maximum atomic E-state index is 11.3. The highest BCUT2D eigenvalue weighted by molar-refractivity contribution is 6.33. The van der Waals surface area contributed by atoms with Crippen molar-refractivity contribution in [1.82, 2.24) is 0 Å². The predicted octanol–water partition coefficient (Wildman–Crippen LogP) is 3.84. The summed E-state index contributed by atoms with van der Waals surface area (Å²) in [6, 6.07) is 12.9. The Kier molecular flexibility index (Phi) is 3.43. The number of likely N-dealkylation sites (N-methyl/N-ethyl adjacent to an activating group) is 1. The molecule has 0 radical (unpaired) electrons. The molecule has 6 heteroatoms. The van der Waals surface area contributed by atoms with E-state index in [9.17, 15) is 10.1 Å². The molecule has 1 aliphatic heterocycles. The van der Waals surface area contributed by atoms with E-state index in [0.717, 1.165) is 17.9 Å². The van der Waals surface area contributed by atoms with E-state index < -0.39 is 4.92 Å². The summed E-state index contributed by atoms with van der Waals surface area (Å²) in [6.45, 7) is 1.47. The van der Waals surface area contributed by atoms with Gasteiger partial charge in [0.1, 0.15) is 10.7 Å². The molecule has 1 heterocycles. The first-order valence-corrected chi connectivity index (χ1v) is 6.98. The molecule has 0 N–H and O–H groups in total. The van der Waals surface area contributed by atoms with Crippen LogP contribution in [0.25, 0.3) is 0 Å². The molecule has 108 valence electrons. The minimum Gasteiger partial charge on any atom is -0.371 e. The maximum Gasteiger partial charge on any atom is 0.311 e. The van der Waals surface area contributed by atoms with Crippen LogP contribution in [0.5, 0.6) is 0 Å². The number of nitro groups is 1. The third-order valence-corrected chi connectivity index (χ3v) is 3.99. The van der Waals surface area contributed by atoms with Crippen LogP contribution in [0.3, 0.4) is 0 Å². The molecule has 2 aromatic carbocycles. The van der Waals surface area contributed by atoms with Gasteiger partial charge in [-0.15, -0.1) is 0 Å². The molecule has 0 bridgehead atoms. The Morgan fingerprint density at radius 2 is 1.71 bits per heavy atom. The number of hydrogen-bond donors (Lipinski definition) is 0. The van der Waals surface area contributed by atoms with E-state index in [2.05, 4.69) is 4.90 Å². The third-order valence-electron chi connectivity index (χ3n) is 3.68. The fraction of sp³-hybridized carbons (Fsp3) is 0.200. The van der Waals surface area contributed by atoms with Gasteiger partial charge in [0.15, 0.2) is 0 Å². The Morgan fingerprint density at radius 1 is 1.05 bits per heavy atom. The topological polar surface area (TPSA) is 49.6 Å². The van der Waals surface area contributed by atoms with Crippen LogP contribution >= 0.6 is 11.6 Å². The second-order valence-electron chi connectivity index (χ2n) is 4.93.